The monoisotopic (exact) mass is 413 g/mol. The maximum atomic E-state index is 12.4. The van der Waals surface area contributed by atoms with Crippen molar-refractivity contribution in [3.8, 4) is 5.75 Å². The van der Waals surface area contributed by atoms with Gasteiger partial charge in [-0.2, -0.15) is 0 Å². The fraction of sp³-hybridized carbons (Fsp3) is 0.278. The van der Waals surface area contributed by atoms with Gasteiger partial charge in [0.1, 0.15) is 5.75 Å². The van der Waals surface area contributed by atoms with Crippen molar-refractivity contribution in [1.82, 2.24) is 0 Å². The molecule has 3 rings (SSSR count). The van der Waals surface area contributed by atoms with Crippen molar-refractivity contribution in [1.29, 1.82) is 0 Å². The van der Waals surface area contributed by atoms with Gasteiger partial charge in [0.05, 0.1) is 21.5 Å². The Morgan fingerprint density at radius 1 is 1.15 bits per heavy atom. The highest BCUT2D eigenvalue weighted by Gasteiger charge is 2.28. The van der Waals surface area contributed by atoms with Gasteiger partial charge in [0.25, 0.3) is 0 Å². The van der Waals surface area contributed by atoms with E-state index in [0.717, 1.165) is 5.56 Å². The minimum Gasteiger partial charge on any atom is -0.485 e. The molecule has 138 valence electrons. The highest BCUT2D eigenvalue weighted by Crippen LogP contribution is 2.31. The Morgan fingerprint density at radius 3 is 2.62 bits per heavy atom. The number of fused-ring (bicyclic) bond motifs is 1. The number of rotatable bonds is 6. The molecule has 8 heteroatoms. The number of halogens is 2. The fourth-order valence-corrected chi connectivity index (χ4v) is 4.24. The van der Waals surface area contributed by atoms with E-state index in [1.807, 2.05) is 0 Å². The van der Waals surface area contributed by atoms with Gasteiger partial charge in [0.2, 0.25) is 10.0 Å². The number of benzene rings is 2. The van der Waals surface area contributed by atoms with E-state index in [1.165, 1.54) is 4.31 Å². The number of carbonyl (C=O) groups is 1. The molecule has 2 aromatic carbocycles. The van der Waals surface area contributed by atoms with Gasteiger partial charge in [-0.25, -0.2) is 8.42 Å². The summed E-state index contributed by atoms with van der Waals surface area (Å²) in [6.45, 7) is 1.88. The first-order valence-electron chi connectivity index (χ1n) is 8.06. The van der Waals surface area contributed by atoms with Gasteiger partial charge >= 0.3 is 0 Å². The lowest BCUT2D eigenvalue weighted by Crippen LogP contribution is -2.30. The molecule has 0 aromatic heterocycles. The van der Waals surface area contributed by atoms with Crippen LogP contribution in [0.5, 0.6) is 5.75 Å². The lowest BCUT2D eigenvalue weighted by molar-refractivity contribution is 0.0921. The van der Waals surface area contributed by atoms with Crippen LogP contribution in [-0.2, 0) is 16.4 Å². The van der Waals surface area contributed by atoms with E-state index in [1.54, 1.807) is 43.3 Å². The molecule has 0 N–H and O–H groups in total. The van der Waals surface area contributed by atoms with Crippen molar-refractivity contribution in [2.75, 3.05) is 23.2 Å². The van der Waals surface area contributed by atoms with Crippen LogP contribution in [0.1, 0.15) is 22.8 Å². The molecule has 0 saturated heterocycles. The molecule has 1 aliphatic rings. The summed E-state index contributed by atoms with van der Waals surface area (Å²) in [6, 6.07) is 9.83. The maximum absolute atomic E-state index is 12.4. The summed E-state index contributed by atoms with van der Waals surface area (Å²) < 4.78 is 31.1. The van der Waals surface area contributed by atoms with Crippen LogP contribution in [-0.4, -0.2) is 33.1 Å². The molecule has 0 atom stereocenters. The van der Waals surface area contributed by atoms with E-state index >= 15 is 0 Å². The van der Waals surface area contributed by atoms with Gasteiger partial charge in [0.15, 0.2) is 12.4 Å². The number of Topliss-reactive ketones (excluding diaryl/α,β-unsaturated/α-hetero) is 1. The molecule has 0 radical (unpaired) electrons. The summed E-state index contributed by atoms with van der Waals surface area (Å²) in [5.41, 5.74) is 1.98. The number of hydrogen-bond donors (Lipinski definition) is 0. The van der Waals surface area contributed by atoms with Crippen molar-refractivity contribution in [3.63, 3.8) is 0 Å². The van der Waals surface area contributed by atoms with Crippen LogP contribution >= 0.6 is 23.2 Å². The third kappa shape index (κ3) is 3.82. The zero-order chi connectivity index (χ0) is 18.9. The minimum absolute atomic E-state index is 0.0462. The first-order valence-corrected chi connectivity index (χ1v) is 10.4. The SMILES string of the molecule is CCS(=O)(=O)N1CCc2cc(C(=O)COc3ccc(Cl)c(Cl)c3)ccc21. The van der Waals surface area contributed by atoms with E-state index in [4.69, 9.17) is 27.9 Å². The lowest BCUT2D eigenvalue weighted by atomic mass is 10.1. The number of ether oxygens (including phenoxy) is 1. The van der Waals surface area contributed by atoms with Crippen molar-refractivity contribution < 1.29 is 17.9 Å². The third-order valence-electron chi connectivity index (χ3n) is 4.22. The summed E-state index contributed by atoms with van der Waals surface area (Å²) in [5, 5.41) is 0.766. The van der Waals surface area contributed by atoms with E-state index in [0.29, 0.717) is 40.0 Å². The summed E-state index contributed by atoms with van der Waals surface area (Å²) >= 11 is 11.8. The Hall–Kier alpha value is -1.76. The Kier molecular flexibility index (Phi) is 5.46. The molecule has 0 amide bonds. The van der Waals surface area contributed by atoms with E-state index in [-0.39, 0.29) is 18.1 Å². The second-order valence-corrected chi connectivity index (χ2v) is 8.85. The van der Waals surface area contributed by atoms with E-state index < -0.39 is 10.0 Å². The topological polar surface area (TPSA) is 63.7 Å². The molecule has 0 spiro atoms. The minimum atomic E-state index is -3.30. The largest absolute Gasteiger partial charge is 0.485 e. The van der Waals surface area contributed by atoms with E-state index in [9.17, 15) is 13.2 Å². The Balaban J connectivity index is 1.72. The van der Waals surface area contributed by atoms with E-state index in [2.05, 4.69) is 0 Å². The maximum Gasteiger partial charge on any atom is 0.234 e. The fourth-order valence-electron chi connectivity index (χ4n) is 2.79. The van der Waals surface area contributed by atoms with Gasteiger partial charge in [0, 0.05) is 18.2 Å². The number of hydrogen-bond acceptors (Lipinski definition) is 4. The summed E-state index contributed by atoms with van der Waals surface area (Å²) in [4.78, 5) is 12.4. The van der Waals surface area contributed by atoms with Crippen molar-refractivity contribution in [3.05, 3.63) is 57.6 Å². The predicted octanol–water partition coefficient (Wildman–Crippen LogP) is 3.97. The molecular weight excluding hydrogens is 397 g/mol. The molecule has 1 aliphatic heterocycles. The normalized spacial score (nSPS) is 13.6. The van der Waals surface area contributed by atoms with Crippen molar-refractivity contribution in [2.24, 2.45) is 0 Å². The van der Waals surface area contributed by atoms with Crippen molar-refractivity contribution in [2.45, 2.75) is 13.3 Å². The molecule has 1 heterocycles. The quantitative estimate of drug-likeness (QED) is 0.672. The zero-order valence-electron chi connectivity index (χ0n) is 14.0. The highest BCUT2D eigenvalue weighted by molar-refractivity contribution is 7.92. The van der Waals surface area contributed by atoms with Crippen LogP contribution in [0.3, 0.4) is 0 Å². The Labute approximate surface area is 162 Å². The van der Waals surface area contributed by atoms with Gasteiger partial charge in [-0.15, -0.1) is 0 Å². The van der Waals surface area contributed by atoms with Gasteiger partial charge in [-0.3, -0.25) is 9.10 Å². The van der Waals surface area contributed by atoms with Gasteiger partial charge in [-0.1, -0.05) is 23.2 Å². The second kappa shape index (κ2) is 7.47. The summed E-state index contributed by atoms with van der Waals surface area (Å²) in [5.74, 6) is 0.301. The van der Waals surface area contributed by atoms with Gasteiger partial charge in [-0.05, 0) is 49.2 Å². The highest BCUT2D eigenvalue weighted by atomic mass is 35.5. The van der Waals surface area contributed by atoms with Crippen LogP contribution < -0.4 is 9.04 Å². The first kappa shape index (κ1) is 19.0. The van der Waals surface area contributed by atoms with Crippen LogP contribution in [0.4, 0.5) is 5.69 Å². The lowest BCUT2D eigenvalue weighted by Gasteiger charge is -2.18. The number of anilines is 1. The molecule has 0 fully saturated rings. The van der Waals surface area contributed by atoms with Crippen molar-refractivity contribution >= 4 is 44.7 Å². The average molecular weight is 414 g/mol. The Morgan fingerprint density at radius 2 is 1.92 bits per heavy atom. The van der Waals surface area contributed by atoms with Crippen LogP contribution in [0.2, 0.25) is 10.0 Å². The number of carbonyl (C=O) groups excluding carboxylic acids is 1. The second-order valence-electron chi connectivity index (χ2n) is 5.85. The molecular formula is C18H17Cl2NO4S. The van der Waals surface area contributed by atoms with Crippen LogP contribution in [0, 0.1) is 0 Å². The number of nitrogens with zero attached hydrogens (tertiary/aromatic N) is 1. The third-order valence-corrected chi connectivity index (χ3v) is 6.74. The molecule has 0 bridgehead atoms. The number of ketones is 1. The zero-order valence-corrected chi connectivity index (χ0v) is 16.4. The molecule has 0 saturated carbocycles. The first-order chi connectivity index (χ1) is 12.3. The molecule has 5 nitrogen and oxygen atoms in total. The molecule has 26 heavy (non-hydrogen) atoms. The van der Waals surface area contributed by atoms with Crippen LogP contribution in [0.15, 0.2) is 36.4 Å². The Bertz CT molecular complexity index is 960. The molecule has 0 aliphatic carbocycles. The molecule has 0 unspecified atom stereocenters. The smallest absolute Gasteiger partial charge is 0.234 e. The predicted molar refractivity (Wildman–Crippen MR) is 103 cm³/mol. The van der Waals surface area contributed by atoms with Gasteiger partial charge < -0.3 is 4.74 Å². The summed E-state index contributed by atoms with van der Waals surface area (Å²) in [7, 11) is -3.30. The van der Waals surface area contributed by atoms with Crippen LogP contribution in [0.25, 0.3) is 0 Å². The standard InChI is InChI=1S/C18H17Cl2NO4S/c1-2-26(23,24)21-8-7-12-9-13(3-6-17(12)21)18(22)11-25-14-4-5-15(19)16(20)10-14/h3-6,9-10H,2,7-8,11H2,1H3. The average Bonchev–Trinajstić information content (AvgIpc) is 3.06. The summed E-state index contributed by atoms with van der Waals surface area (Å²) in [6.07, 6.45) is 0.587. The molecule has 2 aromatic rings. The number of sulfonamides is 1.